The number of aromatic hydroxyl groups is 1. The fraction of sp³-hybridized carbons (Fsp3) is 0.222. The summed E-state index contributed by atoms with van der Waals surface area (Å²) in [6.45, 7) is 1.53. The third kappa shape index (κ3) is 4.02. The Labute approximate surface area is 124 Å². The Kier molecular flexibility index (Phi) is 4.88. The number of phenols is 1. The standard InChI is InChI=1S/C18H18O3/c1-13(19)11-15(14-7-3-2-4-8-14)12-18(21)16-9-5-6-10-17(16)20/h2-10,15,20H,11-12H2,1H3. The van der Waals surface area contributed by atoms with Gasteiger partial charge in [0.05, 0.1) is 5.56 Å². The summed E-state index contributed by atoms with van der Waals surface area (Å²) in [7, 11) is 0. The SMILES string of the molecule is CC(=O)CC(CC(=O)c1ccccc1O)c1ccccc1. The molecule has 3 heteroatoms. The fourth-order valence-corrected chi connectivity index (χ4v) is 2.42. The summed E-state index contributed by atoms with van der Waals surface area (Å²) in [5, 5.41) is 9.76. The van der Waals surface area contributed by atoms with Crippen molar-refractivity contribution in [1.82, 2.24) is 0 Å². The molecule has 0 aromatic heterocycles. The van der Waals surface area contributed by atoms with E-state index in [4.69, 9.17) is 0 Å². The van der Waals surface area contributed by atoms with Gasteiger partial charge in [0.1, 0.15) is 11.5 Å². The molecule has 21 heavy (non-hydrogen) atoms. The fourth-order valence-electron chi connectivity index (χ4n) is 2.42. The summed E-state index contributed by atoms with van der Waals surface area (Å²) in [6, 6.07) is 16.0. The number of carbonyl (C=O) groups is 2. The molecule has 0 bridgehead atoms. The average Bonchev–Trinajstić information content (AvgIpc) is 2.47. The summed E-state index contributed by atoms with van der Waals surface area (Å²) in [5.41, 5.74) is 1.28. The maximum Gasteiger partial charge on any atom is 0.167 e. The number of hydrogen-bond acceptors (Lipinski definition) is 3. The van der Waals surface area contributed by atoms with Crippen LogP contribution in [0.1, 0.15) is 41.6 Å². The van der Waals surface area contributed by atoms with Crippen molar-refractivity contribution in [3.63, 3.8) is 0 Å². The van der Waals surface area contributed by atoms with Crippen LogP contribution in [0.25, 0.3) is 0 Å². The van der Waals surface area contributed by atoms with Gasteiger partial charge in [0.15, 0.2) is 5.78 Å². The third-order valence-corrected chi connectivity index (χ3v) is 3.44. The molecule has 1 atom stereocenters. The Hall–Kier alpha value is -2.42. The van der Waals surface area contributed by atoms with Gasteiger partial charge in [-0.1, -0.05) is 42.5 Å². The molecular formula is C18H18O3. The summed E-state index contributed by atoms with van der Waals surface area (Å²) < 4.78 is 0. The predicted octanol–water partition coefficient (Wildman–Crippen LogP) is 3.73. The summed E-state index contributed by atoms with van der Waals surface area (Å²) in [6.07, 6.45) is 0.532. The van der Waals surface area contributed by atoms with Crippen LogP contribution in [-0.4, -0.2) is 16.7 Å². The number of hydrogen-bond donors (Lipinski definition) is 1. The van der Waals surface area contributed by atoms with Crippen molar-refractivity contribution >= 4 is 11.6 Å². The van der Waals surface area contributed by atoms with Crippen LogP contribution in [0.5, 0.6) is 5.75 Å². The molecule has 0 amide bonds. The zero-order chi connectivity index (χ0) is 15.2. The van der Waals surface area contributed by atoms with Gasteiger partial charge in [-0.3, -0.25) is 4.79 Å². The van der Waals surface area contributed by atoms with Gasteiger partial charge < -0.3 is 9.90 Å². The lowest BCUT2D eigenvalue weighted by molar-refractivity contribution is -0.117. The molecule has 1 N–H and O–H groups in total. The van der Waals surface area contributed by atoms with Crippen LogP contribution in [0.3, 0.4) is 0 Å². The van der Waals surface area contributed by atoms with E-state index in [0.29, 0.717) is 12.0 Å². The molecule has 0 fully saturated rings. The number of benzene rings is 2. The molecule has 0 aliphatic carbocycles. The topological polar surface area (TPSA) is 54.4 Å². The van der Waals surface area contributed by atoms with Crippen molar-refractivity contribution in [2.75, 3.05) is 0 Å². The van der Waals surface area contributed by atoms with Crippen LogP contribution in [0.15, 0.2) is 54.6 Å². The Morgan fingerprint density at radius 2 is 1.57 bits per heavy atom. The van der Waals surface area contributed by atoms with Gasteiger partial charge in [-0.05, 0) is 30.5 Å². The first-order chi connectivity index (χ1) is 10.1. The monoisotopic (exact) mass is 282 g/mol. The molecule has 0 saturated heterocycles. The minimum Gasteiger partial charge on any atom is -0.507 e. The highest BCUT2D eigenvalue weighted by Gasteiger charge is 2.20. The maximum atomic E-state index is 12.4. The van der Waals surface area contributed by atoms with Crippen molar-refractivity contribution in [3.05, 3.63) is 65.7 Å². The Morgan fingerprint density at radius 3 is 2.19 bits per heavy atom. The highest BCUT2D eigenvalue weighted by molar-refractivity contribution is 5.99. The first-order valence-corrected chi connectivity index (χ1v) is 6.93. The van der Waals surface area contributed by atoms with Crippen molar-refractivity contribution in [2.24, 2.45) is 0 Å². The second-order valence-electron chi connectivity index (χ2n) is 5.16. The van der Waals surface area contributed by atoms with Crippen LogP contribution in [-0.2, 0) is 4.79 Å². The Morgan fingerprint density at radius 1 is 0.952 bits per heavy atom. The highest BCUT2D eigenvalue weighted by Crippen LogP contribution is 2.27. The van der Waals surface area contributed by atoms with Crippen molar-refractivity contribution < 1.29 is 14.7 Å². The maximum absolute atomic E-state index is 12.4. The van der Waals surface area contributed by atoms with Crippen molar-refractivity contribution in [3.8, 4) is 5.75 Å². The van der Waals surface area contributed by atoms with E-state index >= 15 is 0 Å². The van der Waals surface area contributed by atoms with Crippen LogP contribution < -0.4 is 0 Å². The highest BCUT2D eigenvalue weighted by atomic mass is 16.3. The van der Waals surface area contributed by atoms with Gasteiger partial charge in [-0.2, -0.15) is 0 Å². The lowest BCUT2D eigenvalue weighted by atomic mass is 9.88. The van der Waals surface area contributed by atoms with Crippen molar-refractivity contribution in [2.45, 2.75) is 25.7 Å². The van der Waals surface area contributed by atoms with E-state index in [1.54, 1.807) is 18.2 Å². The van der Waals surface area contributed by atoms with Crippen LogP contribution in [0.2, 0.25) is 0 Å². The average molecular weight is 282 g/mol. The van der Waals surface area contributed by atoms with E-state index in [1.165, 1.54) is 13.0 Å². The molecule has 0 saturated carbocycles. The first kappa shape index (κ1) is 15.0. The molecule has 1 unspecified atom stereocenters. The molecule has 0 aliphatic heterocycles. The van der Waals surface area contributed by atoms with Gasteiger partial charge in [0.2, 0.25) is 0 Å². The number of rotatable bonds is 6. The smallest absolute Gasteiger partial charge is 0.167 e. The van der Waals surface area contributed by atoms with E-state index in [2.05, 4.69) is 0 Å². The number of Topliss-reactive ketones (excluding diaryl/α,β-unsaturated/α-hetero) is 2. The summed E-state index contributed by atoms with van der Waals surface area (Å²) in [4.78, 5) is 23.8. The normalized spacial score (nSPS) is 11.9. The van der Waals surface area contributed by atoms with E-state index in [1.807, 2.05) is 30.3 Å². The van der Waals surface area contributed by atoms with Crippen LogP contribution >= 0.6 is 0 Å². The van der Waals surface area contributed by atoms with Gasteiger partial charge in [-0.25, -0.2) is 0 Å². The lowest BCUT2D eigenvalue weighted by Gasteiger charge is -2.15. The molecule has 0 radical (unpaired) electrons. The van der Waals surface area contributed by atoms with Gasteiger partial charge in [0.25, 0.3) is 0 Å². The van der Waals surface area contributed by atoms with E-state index < -0.39 is 0 Å². The van der Waals surface area contributed by atoms with Gasteiger partial charge >= 0.3 is 0 Å². The molecular weight excluding hydrogens is 264 g/mol. The minimum absolute atomic E-state index is 0.0165. The number of ketones is 2. The first-order valence-electron chi connectivity index (χ1n) is 6.93. The van der Waals surface area contributed by atoms with E-state index in [-0.39, 0.29) is 29.7 Å². The number of carbonyl (C=O) groups excluding carboxylic acids is 2. The zero-order valence-corrected chi connectivity index (χ0v) is 12.0. The molecule has 0 heterocycles. The molecule has 2 aromatic carbocycles. The molecule has 108 valence electrons. The zero-order valence-electron chi connectivity index (χ0n) is 12.0. The Balaban J connectivity index is 2.21. The minimum atomic E-state index is -0.157. The summed E-state index contributed by atoms with van der Waals surface area (Å²) >= 11 is 0. The number of phenolic OH excluding ortho intramolecular Hbond substituents is 1. The van der Waals surface area contributed by atoms with Crippen LogP contribution in [0.4, 0.5) is 0 Å². The predicted molar refractivity (Wildman–Crippen MR) is 81.5 cm³/mol. The van der Waals surface area contributed by atoms with Crippen molar-refractivity contribution in [1.29, 1.82) is 0 Å². The van der Waals surface area contributed by atoms with Crippen LogP contribution in [0, 0.1) is 0 Å². The van der Waals surface area contributed by atoms with Gasteiger partial charge in [-0.15, -0.1) is 0 Å². The van der Waals surface area contributed by atoms with E-state index in [9.17, 15) is 14.7 Å². The molecule has 2 aromatic rings. The number of para-hydroxylation sites is 1. The second-order valence-corrected chi connectivity index (χ2v) is 5.16. The third-order valence-electron chi connectivity index (χ3n) is 3.44. The van der Waals surface area contributed by atoms with Gasteiger partial charge in [0, 0.05) is 12.8 Å². The Bertz CT molecular complexity index is 632. The molecule has 2 rings (SSSR count). The summed E-state index contributed by atoms with van der Waals surface area (Å²) in [5.74, 6) is -0.273. The second kappa shape index (κ2) is 6.84. The molecule has 0 spiro atoms. The largest absolute Gasteiger partial charge is 0.507 e. The lowest BCUT2D eigenvalue weighted by Crippen LogP contribution is -2.11. The van der Waals surface area contributed by atoms with E-state index in [0.717, 1.165) is 5.56 Å². The molecule has 0 aliphatic rings. The quantitative estimate of drug-likeness (QED) is 0.821. The molecule has 3 nitrogen and oxygen atoms in total.